The van der Waals surface area contributed by atoms with Gasteiger partial charge in [0.25, 0.3) is 0 Å². The largest absolute Gasteiger partial charge is 0.377 e. The van der Waals surface area contributed by atoms with Crippen LogP contribution in [0.4, 0.5) is 11.4 Å². The average Bonchev–Trinajstić information content (AvgIpc) is 3.14. The van der Waals surface area contributed by atoms with Crippen LogP contribution in [0.5, 0.6) is 0 Å². The molecule has 2 rings (SSSR count). The van der Waals surface area contributed by atoms with E-state index < -0.39 is 0 Å². The number of amides is 2. The summed E-state index contributed by atoms with van der Waals surface area (Å²) in [7, 11) is 4.02. The summed E-state index contributed by atoms with van der Waals surface area (Å²) < 4.78 is 0. The van der Waals surface area contributed by atoms with Crippen molar-refractivity contribution in [3.63, 3.8) is 0 Å². The van der Waals surface area contributed by atoms with Crippen molar-refractivity contribution >= 4 is 23.2 Å². The Balaban J connectivity index is 2.22. The Kier molecular flexibility index (Phi) is 8.12. The van der Waals surface area contributed by atoms with Gasteiger partial charge in [-0.05, 0) is 48.4 Å². The SMILES string of the molecule is CCCN(Cc1cc(NC(=O)C2CCCC2)ccc1N(C)C)C(=O)CC(C)(C)C. The number of anilines is 2. The van der Waals surface area contributed by atoms with Crippen LogP contribution < -0.4 is 10.2 Å². The van der Waals surface area contributed by atoms with E-state index in [1.54, 1.807) is 0 Å². The monoisotopic (exact) mass is 401 g/mol. The standard InChI is InChI=1S/C24H39N3O2/c1-7-14-27(22(28)16-24(2,3)4)17-19-15-20(12-13-21(19)26(5)6)25-23(29)18-10-8-9-11-18/h12-13,15,18H,7-11,14,16-17H2,1-6H3,(H,25,29). The Bertz CT molecular complexity index is 701. The van der Waals surface area contributed by atoms with Gasteiger partial charge in [-0.25, -0.2) is 0 Å². The lowest BCUT2D eigenvalue weighted by atomic mass is 9.91. The first kappa shape index (κ1) is 23.2. The van der Waals surface area contributed by atoms with E-state index >= 15 is 0 Å². The summed E-state index contributed by atoms with van der Waals surface area (Å²) in [6.07, 6.45) is 5.71. The van der Waals surface area contributed by atoms with Crippen LogP contribution in [0.3, 0.4) is 0 Å². The Morgan fingerprint density at radius 1 is 1.14 bits per heavy atom. The summed E-state index contributed by atoms with van der Waals surface area (Å²) in [5.74, 6) is 0.446. The molecule has 0 aliphatic heterocycles. The van der Waals surface area contributed by atoms with Gasteiger partial charge in [0.05, 0.1) is 0 Å². The molecule has 0 radical (unpaired) electrons. The minimum Gasteiger partial charge on any atom is -0.377 e. The quantitative estimate of drug-likeness (QED) is 0.663. The lowest BCUT2D eigenvalue weighted by Crippen LogP contribution is -2.34. The van der Waals surface area contributed by atoms with Crippen molar-refractivity contribution < 1.29 is 9.59 Å². The molecule has 0 unspecified atom stereocenters. The Morgan fingerprint density at radius 3 is 2.34 bits per heavy atom. The lowest BCUT2D eigenvalue weighted by molar-refractivity contribution is -0.133. The molecule has 162 valence electrons. The molecule has 5 heteroatoms. The van der Waals surface area contributed by atoms with E-state index in [4.69, 9.17) is 0 Å². The number of nitrogens with one attached hydrogen (secondary N) is 1. The van der Waals surface area contributed by atoms with E-state index in [2.05, 4.69) is 37.9 Å². The van der Waals surface area contributed by atoms with Crippen molar-refractivity contribution in [2.24, 2.45) is 11.3 Å². The third-order valence-corrected chi connectivity index (χ3v) is 5.44. The molecule has 1 aromatic carbocycles. The summed E-state index contributed by atoms with van der Waals surface area (Å²) in [4.78, 5) is 29.5. The van der Waals surface area contributed by atoms with Crippen molar-refractivity contribution in [3.8, 4) is 0 Å². The highest BCUT2D eigenvalue weighted by Gasteiger charge is 2.24. The zero-order valence-corrected chi connectivity index (χ0v) is 19.2. The first-order chi connectivity index (χ1) is 13.6. The zero-order valence-electron chi connectivity index (χ0n) is 19.2. The smallest absolute Gasteiger partial charge is 0.227 e. The van der Waals surface area contributed by atoms with Crippen LogP contribution in [0.2, 0.25) is 0 Å². The van der Waals surface area contributed by atoms with Gasteiger partial charge < -0.3 is 15.1 Å². The van der Waals surface area contributed by atoms with Gasteiger partial charge in [0.2, 0.25) is 11.8 Å². The van der Waals surface area contributed by atoms with Gasteiger partial charge in [-0.2, -0.15) is 0 Å². The highest BCUT2D eigenvalue weighted by Crippen LogP contribution is 2.29. The Hall–Kier alpha value is -2.04. The maximum absolute atomic E-state index is 12.9. The molecule has 1 aliphatic carbocycles. The fourth-order valence-corrected chi connectivity index (χ4v) is 3.99. The molecule has 0 bridgehead atoms. The Morgan fingerprint density at radius 2 is 1.79 bits per heavy atom. The minimum atomic E-state index is -0.0371. The minimum absolute atomic E-state index is 0.0371. The van der Waals surface area contributed by atoms with Gasteiger partial charge in [0.1, 0.15) is 0 Å². The fraction of sp³-hybridized carbons (Fsp3) is 0.667. The number of carbonyl (C=O) groups is 2. The predicted octanol–water partition coefficient (Wildman–Crippen LogP) is 5.06. The van der Waals surface area contributed by atoms with Crippen LogP contribution in [0, 0.1) is 11.3 Å². The van der Waals surface area contributed by atoms with Crippen molar-refractivity contribution in [2.45, 2.75) is 72.8 Å². The predicted molar refractivity (Wildman–Crippen MR) is 121 cm³/mol. The van der Waals surface area contributed by atoms with Crippen LogP contribution in [0.15, 0.2) is 18.2 Å². The number of rotatable bonds is 8. The van der Waals surface area contributed by atoms with Gasteiger partial charge in [0, 0.05) is 50.9 Å². The molecule has 29 heavy (non-hydrogen) atoms. The van der Waals surface area contributed by atoms with E-state index in [0.29, 0.717) is 13.0 Å². The molecule has 0 aromatic heterocycles. The van der Waals surface area contributed by atoms with Gasteiger partial charge in [0.15, 0.2) is 0 Å². The van der Waals surface area contributed by atoms with Crippen LogP contribution in [0.1, 0.15) is 71.8 Å². The maximum atomic E-state index is 12.9. The van der Waals surface area contributed by atoms with E-state index in [1.165, 1.54) is 0 Å². The first-order valence-corrected chi connectivity index (χ1v) is 11.0. The van der Waals surface area contributed by atoms with E-state index in [1.807, 2.05) is 37.2 Å². The fourth-order valence-electron chi connectivity index (χ4n) is 3.99. The summed E-state index contributed by atoms with van der Waals surface area (Å²) in [5, 5.41) is 3.10. The Labute approximate surface area is 176 Å². The summed E-state index contributed by atoms with van der Waals surface area (Å²) in [5.41, 5.74) is 2.93. The van der Waals surface area contributed by atoms with Crippen molar-refractivity contribution in [2.75, 3.05) is 30.9 Å². The second-order valence-corrected chi connectivity index (χ2v) is 9.76. The third-order valence-electron chi connectivity index (χ3n) is 5.44. The second kappa shape index (κ2) is 10.1. The van der Waals surface area contributed by atoms with Gasteiger partial charge in [-0.15, -0.1) is 0 Å². The van der Waals surface area contributed by atoms with Crippen molar-refractivity contribution in [1.82, 2.24) is 4.90 Å². The molecule has 0 saturated heterocycles. The molecule has 1 saturated carbocycles. The highest BCUT2D eigenvalue weighted by atomic mass is 16.2. The average molecular weight is 402 g/mol. The summed E-state index contributed by atoms with van der Waals surface area (Å²) in [6.45, 7) is 9.69. The van der Waals surface area contributed by atoms with Crippen molar-refractivity contribution in [3.05, 3.63) is 23.8 Å². The molecule has 5 nitrogen and oxygen atoms in total. The molecule has 1 aromatic rings. The number of nitrogens with zero attached hydrogens (tertiary/aromatic N) is 2. The maximum Gasteiger partial charge on any atom is 0.227 e. The second-order valence-electron chi connectivity index (χ2n) is 9.76. The molecular weight excluding hydrogens is 362 g/mol. The third kappa shape index (κ3) is 7.06. The van der Waals surface area contributed by atoms with Gasteiger partial charge in [-0.1, -0.05) is 40.5 Å². The van der Waals surface area contributed by atoms with E-state index in [0.717, 1.165) is 55.6 Å². The number of hydrogen-bond acceptors (Lipinski definition) is 3. The summed E-state index contributed by atoms with van der Waals surface area (Å²) >= 11 is 0. The molecule has 1 fully saturated rings. The molecule has 0 spiro atoms. The molecule has 0 heterocycles. The molecule has 1 aliphatic rings. The van der Waals surface area contributed by atoms with E-state index in [-0.39, 0.29) is 23.1 Å². The normalized spacial score (nSPS) is 14.7. The number of hydrogen-bond donors (Lipinski definition) is 1. The van der Waals surface area contributed by atoms with Crippen molar-refractivity contribution in [1.29, 1.82) is 0 Å². The van der Waals surface area contributed by atoms with Crippen LogP contribution in [-0.2, 0) is 16.1 Å². The molecular formula is C24H39N3O2. The van der Waals surface area contributed by atoms with Crippen LogP contribution in [0.25, 0.3) is 0 Å². The zero-order chi connectivity index (χ0) is 21.6. The highest BCUT2D eigenvalue weighted by molar-refractivity contribution is 5.93. The van der Waals surface area contributed by atoms with Gasteiger partial charge >= 0.3 is 0 Å². The van der Waals surface area contributed by atoms with Crippen LogP contribution >= 0.6 is 0 Å². The number of benzene rings is 1. The molecule has 1 N–H and O–H groups in total. The first-order valence-electron chi connectivity index (χ1n) is 11.0. The number of carbonyl (C=O) groups excluding carboxylic acids is 2. The van der Waals surface area contributed by atoms with Crippen LogP contribution in [-0.4, -0.2) is 37.4 Å². The summed E-state index contributed by atoms with van der Waals surface area (Å²) in [6, 6.07) is 6.04. The molecule has 0 atom stereocenters. The van der Waals surface area contributed by atoms with Gasteiger partial charge in [-0.3, -0.25) is 9.59 Å². The molecule has 2 amide bonds. The topological polar surface area (TPSA) is 52.7 Å². The lowest BCUT2D eigenvalue weighted by Gasteiger charge is -2.28. The van der Waals surface area contributed by atoms with E-state index in [9.17, 15) is 9.59 Å².